The number of nitrogens with zero attached hydrogens (tertiary/aromatic N) is 4. The molecule has 0 radical (unpaired) electrons. The number of carbonyl (C=O) groups excluding carboxylic acids is 1. The van der Waals surface area contributed by atoms with Crippen molar-refractivity contribution in [3.63, 3.8) is 0 Å². The SMILES string of the molecule is Cn1cc(-c2ccc(NC(=O)C(NCCc3ccc(C#N)cc3)C3C=CC(Cl)=CC3)nc2)cn1. The van der Waals surface area contributed by atoms with Crippen molar-refractivity contribution in [2.24, 2.45) is 13.0 Å². The topological polar surface area (TPSA) is 95.6 Å². The van der Waals surface area contributed by atoms with Gasteiger partial charge in [0.2, 0.25) is 5.91 Å². The van der Waals surface area contributed by atoms with Crippen LogP contribution in [0.5, 0.6) is 0 Å². The van der Waals surface area contributed by atoms with Crippen LogP contribution in [0.2, 0.25) is 0 Å². The molecule has 0 bridgehead atoms. The number of aryl methyl sites for hydroxylation is 1. The molecular formula is C26H25ClN6O. The average molecular weight is 473 g/mol. The fourth-order valence-corrected chi connectivity index (χ4v) is 3.99. The zero-order valence-electron chi connectivity index (χ0n) is 18.8. The fourth-order valence-electron chi connectivity index (χ4n) is 3.83. The Balaban J connectivity index is 1.41. The maximum atomic E-state index is 13.2. The molecule has 1 aliphatic carbocycles. The molecule has 3 aromatic rings. The van der Waals surface area contributed by atoms with E-state index in [4.69, 9.17) is 16.9 Å². The molecular weight excluding hydrogens is 448 g/mol. The molecule has 2 atom stereocenters. The van der Waals surface area contributed by atoms with E-state index in [-0.39, 0.29) is 11.8 Å². The van der Waals surface area contributed by atoms with E-state index in [1.807, 2.05) is 49.7 Å². The number of nitriles is 1. The lowest BCUT2D eigenvalue weighted by atomic mass is 9.91. The quantitative estimate of drug-likeness (QED) is 0.512. The van der Waals surface area contributed by atoms with Crippen LogP contribution in [0.25, 0.3) is 11.1 Å². The molecule has 172 valence electrons. The van der Waals surface area contributed by atoms with Gasteiger partial charge >= 0.3 is 0 Å². The van der Waals surface area contributed by atoms with Gasteiger partial charge in [-0.15, -0.1) is 0 Å². The first-order chi connectivity index (χ1) is 16.5. The molecule has 8 heteroatoms. The number of hydrogen-bond donors (Lipinski definition) is 2. The van der Waals surface area contributed by atoms with Crippen LogP contribution < -0.4 is 10.6 Å². The Morgan fingerprint density at radius 2 is 2.06 bits per heavy atom. The summed E-state index contributed by atoms with van der Waals surface area (Å²) in [5.41, 5.74) is 3.62. The Hall–Kier alpha value is -3.73. The molecule has 1 amide bonds. The molecule has 0 saturated heterocycles. The number of anilines is 1. The van der Waals surface area contributed by atoms with Crippen LogP contribution in [0, 0.1) is 17.2 Å². The number of halogens is 1. The highest BCUT2D eigenvalue weighted by Gasteiger charge is 2.27. The summed E-state index contributed by atoms with van der Waals surface area (Å²) in [4.78, 5) is 17.6. The second kappa shape index (κ2) is 10.9. The van der Waals surface area contributed by atoms with E-state index in [9.17, 15) is 4.79 Å². The van der Waals surface area contributed by atoms with E-state index < -0.39 is 6.04 Å². The molecule has 1 aliphatic rings. The predicted molar refractivity (Wildman–Crippen MR) is 133 cm³/mol. The Bertz CT molecular complexity index is 1240. The van der Waals surface area contributed by atoms with Gasteiger partial charge in [0.15, 0.2) is 0 Å². The summed E-state index contributed by atoms with van der Waals surface area (Å²) in [6.45, 7) is 0.610. The van der Waals surface area contributed by atoms with Gasteiger partial charge in [-0.1, -0.05) is 35.9 Å². The van der Waals surface area contributed by atoms with Gasteiger partial charge in [0.25, 0.3) is 0 Å². The lowest BCUT2D eigenvalue weighted by molar-refractivity contribution is -0.119. The third kappa shape index (κ3) is 5.98. The summed E-state index contributed by atoms with van der Waals surface area (Å²) in [5.74, 6) is 0.311. The maximum absolute atomic E-state index is 13.2. The maximum Gasteiger partial charge on any atom is 0.243 e. The summed E-state index contributed by atoms with van der Waals surface area (Å²) in [6, 6.07) is 12.9. The minimum absolute atomic E-state index is 0.0295. The molecule has 0 saturated carbocycles. The van der Waals surface area contributed by atoms with Gasteiger partial charge in [0.1, 0.15) is 5.82 Å². The van der Waals surface area contributed by atoms with Crippen LogP contribution in [0.15, 0.2) is 78.2 Å². The summed E-state index contributed by atoms with van der Waals surface area (Å²) in [6.07, 6.45) is 12.6. The van der Waals surface area contributed by atoms with Gasteiger partial charge in [-0.2, -0.15) is 10.4 Å². The van der Waals surface area contributed by atoms with E-state index >= 15 is 0 Å². The summed E-state index contributed by atoms with van der Waals surface area (Å²) in [7, 11) is 1.86. The van der Waals surface area contributed by atoms with Gasteiger partial charge in [-0.25, -0.2) is 4.98 Å². The lowest BCUT2D eigenvalue weighted by Crippen LogP contribution is -2.46. The third-order valence-corrected chi connectivity index (χ3v) is 5.99. The first-order valence-electron chi connectivity index (χ1n) is 11.0. The minimum Gasteiger partial charge on any atom is -0.309 e. The van der Waals surface area contributed by atoms with Crippen molar-refractivity contribution in [3.05, 3.63) is 89.4 Å². The molecule has 1 aromatic carbocycles. The van der Waals surface area contributed by atoms with E-state index in [1.165, 1.54) is 0 Å². The zero-order chi connectivity index (χ0) is 23.9. The monoisotopic (exact) mass is 472 g/mol. The molecule has 2 unspecified atom stereocenters. The number of benzene rings is 1. The van der Waals surface area contributed by atoms with Gasteiger partial charge in [-0.05, 0) is 55.3 Å². The highest BCUT2D eigenvalue weighted by molar-refractivity contribution is 6.31. The number of nitrogens with one attached hydrogen (secondary N) is 2. The minimum atomic E-state index is -0.449. The third-order valence-electron chi connectivity index (χ3n) is 5.71. The smallest absolute Gasteiger partial charge is 0.243 e. The number of carbonyl (C=O) groups is 1. The van der Waals surface area contributed by atoms with Crippen LogP contribution in [-0.2, 0) is 18.3 Å². The van der Waals surface area contributed by atoms with Gasteiger partial charge in [0, 0.05) is 41.5 Å². The Labute approximate surface area is 203 Å². The highest BCUT2D eigenvalue weighted by atomic mass is 35.5. The van der Waals surface area contributed by atoms with Crippen molar-refractivity contribution in [1.29, 1.82) is 5.26 Å². The van der Waals surface area contributed by atoms with Crippen molar-refractivity contribution >= 4 is 23.3 Å². The second-order valence-electron chi connectivity index (χ2n) is 8.16. The van der Waals surface area contributed by atoms with Crippen LogP contribution in [-0.4, -0.2) is 33.3 Å². The second-order valence-corrected chi connectivity index (χ2v) is 8.60. The number of pyridine rings is 1. The van der Waals surface area contributed by atoms with Gasteiger partial charge in [0.05, 0.1) is 23.9 Å². The van der Waals surface area contributed by atoms with Crippen LogP contribution >= 0.6 is 11.6 Å². The van der Waals surface area contributed by atoms with Gasteiger partial charge < -0.3 is 10.6 Å². The molecule has 0 aliphatic heterocycles. The highest BCUT2D eigenvalue weighted by Crippen LogP contribution is 2.23. The number of allylic oxidation sites excluding steroid dienone is 3. The van der Waals surface area contributed by atoms with E-state index in [0.717, 1.165) is 23.1 Å². The van der Waals surface area contributed by atoms with Crippen molar-refractivity contribution in [1.82, 2.24) is 20.1 Å². The lowest BCUT2D eigenvalue weighted by Gasteiger charge is -2.26. The van der Waals surface area contributed by atoms with E-state index in [0.29, 0.717) is 29.4 Å². The number of rotatable bonds is 8. The molecule has 4 rings (SSSR count). The fraction of sp³-hybridized carbons (Fsp3) is 0.231. The summed E-state index contributed by atoms with van der Waals surface area (Å²) in [5, 5.41) is 20.2. The number of amides is 1. The van der Waals surface area contributed by atoms with Crippen molar-refractivity contribution in [2.75, 3.05) is 11.9 Å². The largest absolute Gasteiger partial charge is 0.309 e. The number of hydrogen-bond acceptors (Lipinski definition) is 5. The Morgan fingerprint density at radius 3 is 2.68 bits per heavy atom. The molecule has 0 spiro atoms. The first-order valence-corrected chi connectivity index (χ1v) is 11.4. The van der Waals surface area contributed by atoms with Crippen molar-refractivity contribution in [2.45, 2.75) is 18.9 Å². The molecule has 34 heavy (non-hydrogen) atoms. The van der Waals surface area contributed by atoms with E-state index in [1.54, 1.807) is 35.3 Å². The molecule has 2 heterocycles. The van der Waals surface area contributed by atoms with Crippen LogP contribution in [0.1, 0.15) is 17.5 Å². The molecule has 2 aromatic heterocycles. The molecule has 7 nitrogen and oxygen atoms in total. The van der Waals surface area contributed by atoms with Crippen molar-refractivity contribution in [3.8, 4) is 17.2 Å². The summed E-state index contributed by atoms with van der Waals surface area (Å²) < 4.78 is 1.73. The standard InChI is InChI=1S/C26H25ClN6O/c1-33-17-22(16-31-33)21-8-11-24(30-15-21)32-26(34)25(20-6-9-23(27)10-7-20)29-13-12-18-2-4-19(14-28)5-3-18/h2-6,8-11,15-17,20,25,29H,7,12-13H2,1H3,(H,30,32,34). The number of aromatic nitrogens is 3. The van der Waals surface area contributed by atoms with Crippen molar-refractivity contribution < 1.29 is 4.79 Å². The summed E-state index contributed by atoms with van der Waals surface area (Å²) >= 11 is 6.09. The molecule has 2 N–H and O–H groups in total. The first kappa shape index (κ1) is 23.4. The van der Waals surface area contributed by atoms with Crippen LogP contribution in [0.3, 0.4) is 0 Å². The Morgan fingerprint density at radius 1 is 1.24 bits per heavy atom. The normalized spacial score (nSPS) is 15.9. The van der Waals surface area contributed by atoms with Gasteiger partial charge in [-0.3, -0.25) is 9.48 Å². The van der Waals surface area contributed by atoms with Crippen LogP contribution in [0.4, 0.5) is 5.82 Å². The van der Waals surface area contributed by atoms with E-state index in [2.05, 4.69) is 26.8 Å². The molecule has 0 fully saturated rings. The predicted octanol–water partition coefficient (Wildman–Crippen LogP) is 4.19. The Kier molecular flexibility index (Phi) is 7.53. The average Bonchev–Trinajstić information content (AvgIpc) is 3.29. The zero-order valence-corrected chi connectivity index (χ0v) is 19.5.